The number of carbonyl (C=O) groups is 2. The van der Waals surface area contributed by atoms with E-state index >= 15 is 0 Å². The minimum absolute atomic E-state index is 0.152. The molecule has 0 saturated heterocycles. The van der Waals surface area contributed by atoms with Crippen molar-refractivity contribution in [1.82, 2.24) is 15.1 Å². The number of nitrogens with zero attached hydrogens (tertiary/aromatic N) is 2. The molecular weight excluding hydrogens is 258 g/mol. The fourth-order valence-electron chi connectivity index (χ4n) is 2.77. The van der Waals surface area contributed by atoms with Crippen LogP contribution in [0.5, 0.6) is 0 Å². The standard InChI is InChI=1S/C14H21N3O3/c1-9-10(8-16-17(9)2)7-15-13(18)11-5-3-4-6-12(11)14(19)20/h8,11-12H,3-7H2,1-2H3,(H,15,18)(H,19,20). The number of rotatable bonds is 4. The zero-order chi connectivity index (χ0) is 14.7. The number of aromatic nitrogens is 2. The predicted molar refractivity (Wildman–Crippen MR) is 72.9 cm³/mol. The minimum atomic E-state index is -0.859. The Labute approximate surface area is 118 Å². The summed E-state index contributed by atoms with van der Waals surface area (Å²) >= 11 is 0. The first-order valence-corrected chi connectivity index (χ1v) is 6.98. The summed E-state index contributed by atoms with van der Waals surface area (Å²) in [5.41, 5.74) is 1.97. The molecule has 110 valence electrons. The third-order valence-electron chi connectivity index (χ3n) is 4.21. The van der Waals surface area contributed by atoms with Gasteiger partial charge in [0, 0.05) is 24.8 Å². The van der Waals surface area contributed by atoms with Gasteiger partial charge < -0.3 is 10.4 Å². The first-order valence-electron chi connectivity index (χ1n) is 6.98. The molecule has 1 heterocycles. The first kappa shape index (κ1) is 14.6. The summed E-state index contributed by atoms with van der Waals surface area (Å²) in [5, 5.41) is 16.2. The van der Waals surface area contributed by atoms with Crippen LogP contribution in [0.1, 0.15) is 36.9 Å². The van der Waals surface area contributed by atoms with Crippen molar-refractivity contribution in [2.24, 2.45) is 18.9 Å². The Kier molecular flexibility index (Phi) is 4.42. The molecule has 2 rings (SSSR count). The second kappa shape index (κ2) is 6.07. The van der Waals surface area contributed by atoms with Crippen molar-refractivity contribution in [3.63, 3.8) is 0 Å². The van der Waals surface area contributed by atoms with Crippen LogP contribution < -0.4 is 5.32 Å². The van der Waals surface area contributed by atoms with E-state index < -0.39 is 17.8 Å². The Morgan fingerprint density at radius 3 is 2.60 bits per heavy atom. The van der Waals surface area contributed by atoms with Crippen LogP contribution >= 0.6 is 0 Å². The highest BCUT2D eigenvalue weighted by Gasteiger charge is 2.35. The van der Waals surface area contributed by atoms with Crippen molar-refractivity contribution < 1.29 is 14.7 Å². The Hall–Kier alpha value is -1.85. The Bertz CT molecular complexity index is 510. The van der Waals surface area contributed by atoms with E-state index in [-0.39, 0.29) is 5.91 Å². The zero-order valence-electron chi connectivity index (χ0n) is 11.9. The molecule has 2 unspecified atom stereocenters. The molecular formula is C14H21N3O3. The summed E-state index contributed by atoms with van der Waals surface area (Å²) in [6.45, 7) is 2.34. The van der Waals surface area contributed by atoms with Crippen molar-refractivity contribution in [1.29, 1.82) is 0 Å². The lowest BCUT2D eigenvalue weighted by molar-refractivity contribution is -0.148. The first-order chi connectivity index (χ1) is 9.50. The van der Waals surface area contributed by atoms with Gasteiger partial charge >= 0.3 is 5.97 Å². The fourth-order valence-corrected chi connectivity index (χ4v) is 2.77. The lowest BCUT2D eigenvalue weighted by Gasteiger charge is -2.27. The average Bonchev–Trinajstić information content (AvgIpc) is 2.76. The van der Waals surface area contributed by atoms with E-state index in [2.05, 4.69) is 10.4 Å². The van der Waals surface area contributed by atoms with E-state index in [1.807, 2.05) is 14.0 Å². The van der Waals surface area contributed by atoms with E-state index in [1.165, 1.54) is 0 Å². The predicted octanol–water partition coefficient (Wildman–Crippen LogP) is 1.24. The van der Waals surface area contributed by atoms with Crippen LogP contribution in [0.25, 0.3) is 0 Å². The topological polar surface area (TPSA) is 84.2 Å². The number of carboxylic acids is 1. The van der Waals surface area contributed by atoms with Crippen LogP contribution in [-0.4, -0.2) is 26.8 Å². The Balaban J connectivity index is 1.96. The molecule has 6 nitrogen and oxygen atoms in total. The lowest BCUT2D eigenvalue weighted by Crippen LogP contribution is -2.39. The van der Waals surface area contributed by atoms with Gasteiger partial charge in [-0.1, -0.05) is 12.8 Å². The number of aryl methyl sites for hydroxylation is 1. The number of hydrogen-bond acceptors (Lipinski definition) is 3. The maximum absolute atomic E-state index is 12.2. The molecule has 0 spiro atoms. The maximum Gasteiger partial charge on any atom is 0.307 e. The number of hydrogen-bond donors (Lipinski definition) is 2. The van der Waals surface area contributed by atoms with Crippen LogP contribution in [0.4, 0.5) is 0 Å². The van der Waals surface area contributed by atoms with Crippen LogP contribution in [0.3, 0.4) is 0 Å². The number of carboxylic acid groups (broad SMARTS) is 1. The van der Waals surface area contributed by atoms with Gasteiger partial charge in [-0.25, -0.2) is 0 Å². The SMILES string of the molecule is Cc1c(CNC(=O)C2CCCCC2C(=O)O)cnn1C. The number of aliphatic carboxylic acids is 1. The molecule has 1 fully saturated rings. The van der Waals surface area contributed by atoms with Gasteiger partial charge in [0.2, 0.25) is 5.91 Å². The molecule has 0 aliphatic heterocycles. The van der Waals surface area contributed by atoms with Gasteiger partial charge in [-0.2, -0.15) is 5.10 Å². The second-order valence-corrected chi connectivity index (χ2v) is 5.43. The minimum Gasteiger partial charge on any atom is -0.481 e. The van der Waals surface area contributed by atoms with Gasteiger partial charge in [-0.05, 0) is 19.8 Å². The monoisotopic (exact) mass is 279 g/mol. The van der Waals surface area contributed by atoms with Crippen molar-refractivity contribution in [2.45, 2.75) is 39.2 Å². The molecule has 0 radical (unpaired) electrons. The van der Waals surface area contributed by atoms with E-state index in [0.29, 0.717) is 19.4 Å². The Morgan fingerprint density at radius 1 is 1.40 bits per heavy atom. The summed E-state index contributed by atoms with van der Waals surface area (Å²) in [7, 11) is 1.85. The molecule has 1 amide bonds. The summed E-state index contributed by atoms with van der Waals surface area (Å²) in [6.07, 6.45) is 4.80. The summed E-state index contributed by atoms with van der Waals surface area (Å²) < 4.78 is 1.75. The molecule has 1 aliphatic carbocycles. The quantitative estimate of drug-likeness (QED) is 0.868. The molecule has 0 aromatic carbocycles. The molecule has 0 bridgehead atoms. The number of nitrogens with one attached hydrogen (secondary N) is 1. The lowest BCUT2D eigenvalue weighted by atomic mass is 9.78. The van der Waals surface area contributed by atoms with Crippen molar-refractivity contribution in [3.05, 3.63) is 17.5 Å². The molecule has 2 atom stereocenters. The van der Waals surface area contributed by atoms with E-state index in [4.69, 9.17) is 0 Å². The van der Waals surface area contributed by atoms with Crippen molar-refractivity contribution in [3.8, 4) is 0 Å². The van der Waals surface area contributed by atoms with Crippen LogP contribution in [-0.2, 0) is 23.2 Å². The Morgan fingerprint density at radius 2 is 2.05 bits per heavy atom. The zero-order valence-corrected chi connectivity index (χ0v) is 11.9. The maximum atomic E-state index is 12.2. The number of amides is 1. The smallest absolute Gasteiger partial charge is 0.307 e. The molecule has 1 aromatic rings. The number of carbonyl (C=O) groups excluding carboxylic acids is 1. The van der Waals surface area contributed by atoms with Gasteiger partial charge in [0.1, 0.15) is 0 Å². The van der Waals surface area contributed by atoms with Gasteiger partial charge in [-0.15, -0.1) is 0 Å². The fraction of sp³-hybridized carbons (Fsp3) is 0.643. The summed E-state index contributed by atoms with van der Waals surface area (Å²) in [6, 6.07) is 0. The second-order valence-electron chi connectivity index (χ2n) is 5.43. The molecule has 2 N–H and O–H groups in total. The van der Waals surface area contributed by atoms with Crippen LogP contribution in [0, 0.1) is 18.8 Å². The van der Waals surface area contributed by atoms with Crippen LogP contribution in [0.15, 0.2) is 6.20 Å². The summed E-state index contributed by atoms with van der Waals surface area (Å²) in [4.78, 5) is 23.4. The van der Waals surface area contributed by atoms with Crippen LogP contribution in [0.2, 0.25) is 0 Å². The molecule has 1 aliphatic rings. The highest BCUT2D eigenvalue weighted by Crippen LogP contribution is 2.30. The van der Waals surface area contributed by atoms with Crippen molar-refractivity contribution >= 4 is 11.9 Å². The highest BCUT2D eigenvalue weighted by molar-refractivity contribution is 5.84. The largest absolute Gasteiger partial charge is 0.481 e. The van der Waals surface area contributed by atoms with Gasteiger partial charge in [0.05, 0.1) is 18.0 Å². The molecule has 1 aromatic heterocycles. The van der Waals surface area contributed by atoms with Gasteiger partial charge in [0.15, 0.2) is 0 Å². The molecule has 1 saturated carbocycles. The normalized spacial score (nSPS) is 22.5. The summed E-state index contributed by atoms with van der Waals surface area (Å²) in [5.74, 6) is -1.96. The third-order valence-corrected chi connectivity index (χ3v) is 4.21. The average molecular weight is 279 g/mol. The van der Waals surface area contributed by atoms with Gasteiger partial charge in [-0.3, -0.25) is 14.3 Å². The van der Waals surface area contributed by atoms with E-state index in [0.717, 1.165) is 24.1 Å². The van der Waals surface area contributed by atoms with E-state index in [9.17, 15) is 14.7 Å². The highest BCUT2D eigenvalue weighted by atomic mass is 16.4. The third kappa shape index (κ3) is 3.00. The van der Waals surface area contributed by atoms with E-state index in [1.54, 1.807) is 10.9 Å². The molecule has 20 heavy (non-hydrogen) atoms. The van der Waals surface area contributed by atoms with Crippen molar-refractivity contribution in [2.75, 3.05) is 0 Å². The van der Waals surface area contributed by atoms with Gasteiger partial charge in [0.25, 0.3) is 0 Å². The molecule has 6 heteroatoms.